The summed E-state index contributed by atoms with van der Waals surface area (Å²) in [5.41, 5.74) is 0.231. The summed E-state index contributed by atoms with van der Waals surface area (Å²) in [5.74, 6) is -1.84. The molecule has 1 aliphatic rings. The minimum atomic E-state index is -0.853. The number of nitrogens with one attached hydrogen (secondary N) is 2. The largest absolute Gasteiger partial charge is 0.466 e. The van der Waals surface area contributed by atoms with E-state index < -0.39 is 23.7 Å². The van der Waals surface area contributed by atoms with Crippen molar-refractivity contribution in [1.29, 1.82) is 0 Å². The van der Waals surface area contributed by atoms with E-state index in [1.54, 1.807) is 0 Å². The van der Waals surface area contributed by atoms with Gasteiger partial charge in [0.1, 0.15) is 11.9 Å². The molecule has 1 fully saturated rings. The summed E-state index contributed by atoms with van der Waals surface area (Å²) in [4.78, 5) is 37.7. The van der Waals surface area contributed by atoms with Crippen LogP contribution >= 0.6 is 12.2 Å². The molecule has 1 aromatic rings. The second kappa shape index (κ2) is 9.23. The van der Waals surface area contributed by atoms with Crippen LogP contribution in [0.5, 0.6) is 0 Å². The Balaban J connectivity index is 2.03. The predicted molar refractivity (Wildman–Crippen MR) is 95.8 cm³/mol. The summed E-state index contributed by atoms with van der Waals surface area (Å²) in [6.07, 6.45) is 0.511. The van der Waals surface area contributed by atoms with E-state index in [2.05, 4.69) is 10.6 Å². The van der Waals surface area contributed by atoms with Gasteiger partial charge in [0.2, 0.25) is 5.91 Å². The second-order valence-corrected chi connectivity index (χ2v) is 6.08. The molecule has 0 saturated carbocycles. The molecular weight excluding hydrogens is 361 g/mol. The minimum Gasteiger partial charge on any atom is -0.466 e. The summed E-state index contributed by atoms with van der Waals surface area (Å²) >= 11 is 5.23. The van der Waals surface area contributed by atoms with E-state index in [9.17, 15) is 18.8 Å². The van der Waals surface area contributed by atoms with Crippen molar-refractivity contribution in [3.63, 3.8) is 0 Å². The number of amides is 2. The number of piperazine rings is 1. The molecule has 0 aliphatic carbocycles. The molecule has 1 unspecified atom stereocenters. The first-order valence-electron chi connectivity index (χ1n) is 8.23. The van der Waals surface area contributed by atoms with Gasteiger partial charge in [0.15, 0.2) is 5.11 Å². The fraction of sp³-hybridized carbons (Fsp3) is 0.412. The molecule has 7 nitrogen and oxygen atoms in total. The first-order chi connectivity index (χ1) is 12.4. The molecule has 0 spiro atoms. The van der Waals surface area contributed by atoms with Crippen LogP contribution in [0.4, 0.5) is 4.39 Å². The zero-order chi connectivity index (χ0) is 19.1. The summed E-state index contributed by atoms with van der Waals surface area (Å²) in [5, 5.41) is 5.21. The third kappa shape index (κ3) is 5.22. The Morgan fingerprint density at radius 1 is 1.38 bits per heavy atom. The van der Waals surface area contributed by atoms with Gasteiger partial charge in [0, 0.05) is 18.7 Å². The molecule has 26 heavy (non-hydrogen) atoms. The smallest absolute Gasteiger partial charge is 0.308 e. The lowest BCUT2D eigenvalue weighted by atomic mass is 10.1. The lowest BCUT2D eigenvalue weighted by molar-refractivity contribution is -0.147. The van der Waals surface area contributed by atoms with Crippen molar-refractivity contribution < 1.29 is 23.5 Å². The first kappa shape index (κ1) is 19.8. The number of carbonyl (C=O) groups is 3. The number of thiocarbonyl (C=S) groups is 1. The van der Waals surface area contributed by atoms with Gasteiger partial charge in [-0.3, -0.25) is 19.7 Å². The molecule has 1 aliphatic heterocycles. The number of hydrogen-bond acceptors (Lipinski definition) is 5. The van der Waals surface area contributed by atoms with E-state index in [-0.39, 0.29) is 29.6 Å². The first-order valence-corrected chi connectivity index (χ1v) is 8.64. The lowest BCUT2D eigenvalue weighted by Gasteiger charge is -2.36. The normalized spacial score (nSPS) is 16.6. The Labute approximate surface area is 155 Å². The molecule has 2 N–H and O–H groups in total. The van der Waals surface area contributed by atoms with Gasteiger partial charge in [-0.15, -0.1) is 0 Å². The van der Waals surface area contributed by atoms with Gasteiger partial charge in [-0.25, -0.2) is 4.39 Å². The fourth-order valence-corrected chi connectivity index (χ4v) is 2.75. The Morgan fingerprint density at radius 3 is 2.73 bits per heavy atom. The van der Waals surface area contributed by atoms with Crippen LogP contribution < -0.4 is 10.6 Å². The fourth-order valence-electron chi connectivity index (χ4n) is 2.44. The number of hydrogen-bond donors (Lipinski definition) is 2. The molecule has 1 aromatic carbocycles. The van der Waals surface area contributed by atoms with Crippen LogP contribution in [0.15, 0.2) is 24.3 Å². The maximum atomic E-state index is 13.0. The number of nitrogens with zero attached hydrogens (tertiary/aromatic N) is 1. The average Bonchev–Trinajstić information content (AvgIpc) is 2.62. The highest BCUT2D eigenvalue weighted by Crippen LogP contribution is 2.11. The van der Waals surface area contributed by atoms with E-state index in [0.29, 0.717) is 19.5 Å². The van der Waals surface area contributed by atoms with Crippen molar-refractivity contribution in [2.75, 3.05) is 19.7 Å². The van der Waals surface area contributed by atoms with E-state index in [4.69, 9.17) is 17.0 Å². The van der Waals surface area contributed by atoms with Crippen LogP contribution in [0.25, 0.3) is 0 Å². The monoisotopic (exact) mass is 381 g/mol. The Bertz CT molecular complexity index is 696. The van der Waals surface area contributed by atoms with Crippen LogP contribution in [0, 0.1) is 5.82 Å². The van der Waals surface area contributed by atoms with Crippen molar-refractivity contribution in [3.05, 3.63) is 35.6 Å². The number of ether oxygens (including phenoxy) is 1. The molecule has 2 rings (SSSR count). The van der Waals surface area contributed by atoms with Gasteiger partial charge in [0.25, 0.3) is 5.91 Å². The molecule has 0 bridgehead atoms. The molecule has 2 amide bonds. The Hall–Kier alpha value is -2.55. The molecule has 0 aromatic heterocycles. The summed E-state index contributed by atoms with van der Waals surface area (Å²) in [7, 11) is 0. The van der Waals surface area contributed by atoms with E-state index in [1.165, 1.54) is 29.2 Å². The molecule has 1 atom stereocenters. The Morgan fingerprint density at radius 2 is 2.08 bits per heavy atom. The second-order valence-electron chi connectivity index (χ2n) is 5.69. The molecular formula is C17H20FN3O4S. The van der Waals surface area contributed by atoms with Gasteiger partial charge in [-0.2, -0.15) is 0 Å². The quantitative estimate of drug-likeness (QED) is 0.584. The predicted octanol–water partition coefficient (Wildman–Crippen LogP) is 0.984. The number of benzene rings is 1. The van der Waals surface area contributed by atoms with E-state index in [1.807, 2.05) is 6.92 Å². The van der Waals surface area contributed by atoms with E-state index in [0.717, 1.165) is 0 Å². The highest BCUT2D eigenvalue weighted by Gasteiger charge is 2.34. The van der Waals surface area contributed by atoms with E-state index >= 15 is 0 Å². The van der Waals surface area contributed by atoms with Crippen LogP contribution in [0.3, 0.4) is 0 Å². The topological polar surface area (TPSA) is 87.7 Å². The van der Waals surface area contributed by atoms with Gasteiger partial charge in [-0.05, 0) is 42.9 Å². The molecule has 1 saturated heterocycles. The lowest BCUT2D eigenvalue weighted by Crippen LogP contribution is -2.60. The number of esters is 1. The van der Waals surface area contributed by atoms with Crippen LogP contribution in [0.2, 0.25) is 0 Å². The highest BCUT2D eigenvalue weighted by molar-refractivity contribution is 7.80. The SMILES string of the molecule is CCCOC(=O)CC1C(=O)NCCN1C(=S)NC(=O)c1ccc(F)cc1. The van der Waals surface area contributed by atoms with Crippen molar-refractivity contribution in [3.8, 4) is 0 Å². The van der Waals surface area contributed by atoms with Gasteiger partial charge >= 0.3 is 5.97 Å². The van der Waals surface area contributed by atoms with Crippen LogP contribution in [-0.2, 0) is 14.3 Å². The van der Waals surface area contributed by atoms with Crippen LogP contribution in [0.1, 0.15) is 30.1 Å². The molecule has 140 valence electrons. The zero-order valence-electron chi connectivity index (χ0n) is 14.3. The highest BCUT2D eigenvalue weighted by atomic mass is 32.1. The molecule has 0 radical (unpaired) electrons. The van der Waals surface area contributed by atoms with Crippen LogP contribution in [-0.4, -0.2) is 53.5 Å². The van der Waals surface area contributed by atoms with Crippen molar-refractivity contribution in [2.45, 2.75) is 25.8 Å². The minimum absolute atomic E-state index is 0.0301. The maximum absolute atomic E-state index is 13.0. The van der Waals surface area contributed by atoms with Gasteiger partial charge < -0.3 is 15.0 Å². The van der Waals surface area contributed by atoms with Crippen molar-refractivity contribution >= 4 is 35.1 Å². The summed E-state index contributed by atoms with van der Waals surface area (Å²) in [6, 6.07) is 4.14. The average molecular weight is 381 g/mol. The third-order valence-corrected chi connectivity index (χ3v) is 4.08. The number of halogens is 1. The summed E-state index contributed by atoms with van der Waals surface area (Å²) in [6.45, 7) is 2.83. The standard InChI is InChI=1S/C17H20FN3O4S/c1-2-9-25-14(22)10-13-16(24)19-7-8-21(13)17(26)20-15(23)11-3-5-12(18)6-4-11/h3-6,13H,2,7-10H2,1H3,(H,19,24)(H,20,23,26). The number of rotatable bonds is 5. The zero-order valence-corrected chi connectivity index (χ0v) is 15.1. The van der Waals surface area contributed by atoms with Crippen molar-refractivity contribution in [2.24, 2.45) is 0 Å². The third-order valence-electron chi connectivity index (χ3n) is 3.75. The Kier molecular flexibility index (Phi) is 7.02. The summed E-state index contributed by atoms with van der Waals surface area (Å²) < 4.78 is 18.0. The molecule has 9 heteroatoms. The van der Waals surface area contributed by atoms with Crippen molar-refractivity contribution in [1.82, 2.24) is 15.5 Å². The van der Waals surface area contributed by atoms with Gasteiger partial charge in [0.05, 0.1) is 13.0 Å². The van der Waals surface area contributed by atoms with Gasteiger partial charge in [-0.1, -0.05) is 6.92 Å². The molecule has 1 heterocycles. The maximum Gasteiger partial charge on any atom is 0.308 e. The number of carbonyl (C=O) groups excluding carboxylic acids is 3.